The molecule has 0 aromatic heterocycles. The molecule has 0 unspecified atom stereocenters. The zero-order chi connectivity index (χ0) is 16.1. The summed E-state index contributed by atoms with van der Waals surface area (Å²) < 4.78 is 6.30. The van der Waals surface area contributed by atoms with Crippen LogP contribution in [0.3, 0.4) is 0 Å². The number of ether oxygens (including phenoxy) is 1. The number of hydrogen-bond donors (Lipinski definition) is 1. The van der Waals surface area contributed by atoms with Gasteiger partial charge in [0.25, 0.3) is 0 Å². The van der Waals surface area contributed by atoms with Crippen molar-refractivity contribution < 1.29 is 4.74 Å². The van der Waals surface area contributed by atoms with Crippen LogP contribution in [0.15, 0.2) is 18.2 Å². The van der Waals surface area contributed by atoms with Gasteiger partial charge in [0.2, 0.25) is 0 Å². The molecule has 3 fully saturated rings. The van der Waals surface area contributed by atoms with E-state index in [0.29, 0.717) is 17.4 Å². The monoisotopic (exact) mass is 324 g/mol. The summed E-state index contributed by atoms with van der Waals surface area (Å²) >= 11 is 0. The van der Waals surface area contributed by atoms with E-state index in [1.165, 1.54) is 70.4 Å². The van der Waals surface area contributed by atoms with Crippen molar-refractivity contribution in [1.29, 1.82) is 0 Å². The third kappa shape index (κ3) is 2.25. The van der Waals surface area contributed by atoms with Crippen molar-refractivity contribution in [2.45, 2.75) is 76.2 Å². The second-order valence-electron chi connectivity index (χ2n) is 8.68. The Morgan fingerprint density at radius 2 is 2.04 bits per heavy atom. The topological polar surface area (TPSA) is 21.3 Å². The molecule has 1 radical (unpaired) electrons. The van der Waals surface area contributed by atoms with Gasteiger partial charge in [0, 0.05) is 17.4 Å². The van der Waals surface area contributed by atoms with Crippen LogP contribution in [0.2, 0.25) is 0 Å². The molecule has 1 N–H and O–H groups in total. The fourth-order valence-electron chi connectivity index (χ4n) is 6.05. The second kappa shape index (κ2) is 5.76. The summed E-state index contributed by atoms with van der Waals surface area (Å²) in [6, 6.07) is 7.72. The first-order valence-electron chi connectivity index (χ1n) is 10.1. The van der Waals surface area contributed by atoms with Gasteiger partial charge in [-0.2, -0.15) is 0 Å². The average Bonchev–Trinajstić information content (AvgIpc) is 2.54. The Morgan fingerprint density at radius 1 is 1.12 bits per heavy atom. The summed E-state index contributed by atoms with van der Waals surface area (Å²) in [7, 11) is 0. The maximum absolute atomic E-state index is 6.30. The molecule has 129 valence electrons. The van der Waals surface area contributed by atoms with Crippen molar-refractivity contribution in [3.8, 4) is 5.75 Å². The van der Waals surface area contributed by atoms with Crippen LogP contribution >= 0.6 is 0 Å². The van der Waals surface area contributed by atoms with Gasteiger partial charge in [-0.15, -0.1) is 0 Å². The van der Waals surface area contributed by atoms with E-state index < -0.39 is 0 Å². The Balaban J connectivity index is 1.48. The number of nitrogens with one attached hydrogen (secondary N) is 1. The van der Waals surface area contributed by atoms with E-state index in [4.69, 9.17) is 4.74 Å². The van der Waals surface area contributed by atoms with Gasteiger partial charge in [-0.25, -0.2) is 0 Å². The summed E-state index contributed by atoms with van der Waals surface area (Å²) in [6.45, 7) is 3.38. The first kappa shape index (κ1) is 15.3. The lowest BCUT2D eigenvalue weighted by molar-refractivity contribution is 0.0793. The molecule has 1 aromatic carbocycles. The molecule has 1 aromatic rings. The SMILES string of the molecule is C[C](Oc1ccc2c(c1)[C@@]13CCCC[C@H]1[C@@H](C2)NCC3)C1CCC1. The van der Waals surface area contributed by atoms with Crippen LogP contribution in [0.5, 0.6) is 5.75 Å². The Hall–Kier alpha value is -1.02. The Morgan fingerprint density at radius 3 is 2.88 bits per heavy atom. The van der Waals surface area contributed by atoms with Crippen LogP contribution in [0.25, 0.3) is 0 Å². The van der Waals surface area contributed by atoms with Gasteiger partial charge in [-0.05, 0) is 81.2 Å². The quantitative estimate of drug-likeness (QED) is 0.865. The molecule has 1 saturated heterocycles. The van der Waals surface area contributed by atoms with Gasteiger partial charge in [-0.3, -0.25) is 0 Å². The molecule has 2 saturated carbocycles. The molecule has 24 heavy (non-hydrogen) atoms. The minimum absolute atomic E-state index is 0.436. The largest absolute Gasteiger partial charge is 0.483 e. The summed E-state index contributed by atoms with van der Waals surface area (Å²) in [4.78, 5) is 0. The van der Waals surface area contributed by atoms with Gasteiger partial charge in [-0.1, -0.05) is 25.3 Å². The minimum atomic E-state index is 0.436. The van der Waals surface area contributed by atoms with E-state index in [9.17, 15) is 0 Å². The van der Waals surface area contributed by atoms with Gasteiger partial charge >= 0.3 is 0 Å². The molecule has 5 rings (SSSR count). The Labute approximate surface area is 146 Å². The number of fused-ring (bicyclic) bond motifs is 1. The lowest BCUT2D eigenvalue weighted by Gasteiger charge is -2.56. The van der Waals surface area contributed by atoms with E-state index in [1.807, 2.05) is 0 Å². The average molecular weight is 324 g/mol. The van der Waals surface area contributed by atoms with Crippen LogP contribution in [0.4, 0.5) is 0 Å². The van der Waals surface area contributed by atoms with Crippen LogP contribution in [-0.2, 0) is 11.8 Å². The normalized spacial score (nSPS) is 35.1. The number of rotatable bonds is 3. The third-order valence-corrected chi connectivity index (χ3v) is 7.58. The standard InChI is InChI=1S/C22H30NO/c1-15(16-5-4-6-16)24-18-9-8-17-13-21-19-7-2-3-10-22(19,11-12-23-21)20(17)14-18/h8-9,14,16,19,21,23H,2-7,10-13H2,1H3/t19-,21+,22+/m0/s1. The predicted octanol–water partition coefficient (Wildman–Crippen LogP) is 4.76. The summed E-state index contributed by atoms with van der Waals surface area (Å²) in [5, 5.41) is 3.83. The van der Waals surface area contributed by atoms with Crippen molar-refractivity contribution in [2.75, 3.05) is 6.54 Å². The number of piperidine rings is 1. The molecule has 0 amide bonds. The van der Waals surface area contributed by atoms with Crippen LogP contribution < -0.4 is 10.1 Å². The zero-order valence-corrected chi connectivity index (χ0v) is 14.9. The molecule has 3 aliphatic carbocycles. The molecule has 4 aliphatic rings. The first-order chi connectivity index (χ1) is 11.8. The lowest BCUT2D eigenvalue weighted by Crippen LogP contribution is -2.59. The summed E-state index contributed by atoms with van der Waals surface area (Å²) in [6.07, 6.45) is 13.4. The Bertz CT molecular complexity index is 618. The van der Waals surface area contributed by atoms with E-state index in [0.717, 1.165) is 11.7 Å². The Kier molecular flexibility index (Phi) is 3.66. The first-order valence-corrected chi connectivity index (χ1v) is 10.1. The van der Waals surface area contributed by atoms with E-state index >= 15 is 0 Å². The minimum Gasteiger partial charge on any atom is -0.483 e. The third-order valence-electron chi connectivity index (χ3n) is 7.58. The zero-order valence-electron chi connectivity index (χ0n) is 14.9. The van der Waals surface area contributed by atoms with E-state index in [2.05, 4.69) is 30.4 Å². The highest BCUT2D eigenvalue weighted by Crippen LogP contribution is 2.54. The number of hydrogen-bond acceptors (Lipinski definition) is 2. The van der Waals surface area contributed by atoms with Crippen molar-refractivity contribution >= 4 is 0 Å². The molecular weight excluding hydrogens is 294 g/mol. The van der Waals surface area contributed by atoms with Crippen LogP contribution in [0.1, 0.15) is 69.4 Å². The van der Waals surface area contributed by atoms with Gasteiger partial charge in [0.05, 0.1) is 0 Å². The van der Waals surface area contributed by atoms with E-state index in [-0.39, 0.29) is 0 Å². The molecule has 1 heterocycles. The molecule has 2 heteroatoms. The fraction of sp³-hybridized carbons (Fsp3) is 0.682. The highest BCUT2D eigenvalue weighted by atomic mass is 16.5. The summed E-state index contributed by atoms with van der Waals surface area (Å²) in [5.74, 6) is 2.64. The van der Waals surface area contributed by atoms with Crippen molar-refractivity contribution in [2.24, 2.45) is 11.8 Å². The lowest BCUT2D eigenvalue weighted by atomic mass is 9.53. The molecule has 2 nitrogen and oxygen atoms in total. The molecule has 0 spiro atoms. The van der Waals surface area contributed by atoms with Gasteiger partial charge in [0.15, 0.2) is 0 Å². The maximum Gasteiger partial charge on any atom is 0.148 e. The predicted molar refractivity (Wildman–Crippen MR) is 97.1 cm³/mol. The molecular formula is C22H30NO. The van der Waals surface area contributed by atoms with Gasteiger partial charge < -0.3 is 10.1 Å². The van der Waals surface area contributed by atoms with Crippen molar-refractivity contribution in [3.63, 3.8) is 0 Å². The summed E-state index contributed by atoms with van der Waals surface area (Å²) in [5.41, 5.74) is 3.66. The second-order valence-corrected chi connectivity index (χ2v) is 8.68. The fourth-order valence-corrected chi connectivity index (χ4v) is 6.05. The molecule has 2 bridgehead atoms. The maximum atomic E-state index is 6.30. The van der Waals surface area contributed by atoms with Crippen molar-refractivity contribution in [3.05, 3.63) is 35.4 Å². The van der Waals surface area contributed by atoms with Gasteiger partial charge in [0.1, 0.15) is 11.9 Å². The van der Waals surface area contributed by atoms with E-state index in [1.54, 1.807) is 11.1 Å². The van der Waals surface area contributed by atoms with Crippen LogP contribution in [0, 0.1) is 17.9 Å². The smallest absolute Gasteiger partial charge is 0.148 e. The highest BCUT2D eigenvalue weighted by molar-refractivity contribution is 5.45. The molecule has 1 aliphatic heterocycles. The van der Waals surface area contributed by atoms with Crippen molar-refractivity contribution in [1.82, 2.24) is 5.32 Å². The highest BCUT2D eigenvalue weighted by Gasteiger charge is 2.51. The molecule has 3 atom stereocenters. The van der Waals surface area contributed by atoms with Crippen LogP contribution in [-0.4, -0.2) is 12.6 Å². The number of benzene rings is 1.